The van der Waals surface area contributed by atoms with Crippen molar-refractivity contribution in [3.8, 4) is 11.3 Å². The van der Waals surface area contributed by atoms with Crippen molar-refractivity contribution in [1.82, 2.24) is 24.6 Å². The number of esters is 1. The van der Waals surface area contributed by atoms with E-state index >= 15 is 0 Å². The molecule has 3 aliphatic rings. The number of hydrogen-bond donors (Lipinski definition) is 0. The van der Waals surface area contributed by atoms with Crippen LogP contribution in [0.3, 0.4) is 0 Å². The summed E-state index contributed by atoms with van der Waals surface area (Å²) < 4.78 is 7.51. The second-order valence-electron chi connectivity index (χ2n) is 8.70. The Balaban J connectivity index is 1.25. The van der Waals surface area contributed by atoms with Crippen LogP contribution in [0.25, 0.3) is 11.3 Å². The van der Waals surface area contributed by atoms with Gasteiger partial charge in [0.05, 0.1) is 29.4 Å². The monoisotopic (exact) mass is 415 g/mol. The third kappa shape index (κ3) is 2.64. The smallest absolute Gasteiger partial charge is 0.341 e. The van der Waals surface area contributed by atoms with Crippen molar-refractivity contribution in [3.05, 3.63) is 65.9 Å². The van der Waals surface area contributed by atoms with Crippen LogP contribution in [-0.4, -0.2) is 49.6 Å². The number of rotatable bonds is 3. The molecule has 1 saturated heterocycles. The van der Waals surface area contributed by atoms with Crippen LogP contribution in [0.4, 0.5) is 0 Å². The van der Waals surface area contributed by atoms with E-state index in [1.54, 1.807) is 23.3 Å². The van der Waals surface area contributed by atoms with Crippen molar-refractivity contribution in [2.45, 2.75) is 30.3 Å². The van der Waals surface area contributed by atoms with Crippen molar-refractivity contribution in [3.63, 3.8) is 0 Å². The SMILES string of the molecule is Cn1cc(-c2ccc(C3(C(=O)N4CCC5(C4)OC(=O)c4cnccc45)CC3)cn2)cn1. The topological polar surface area (TPSA) is 90.2 Å². The normalized spacial score (nSPS) is 23.1. The van der Waals surface area contributed by atoms with Crippen LogP contribution in [-0.2, 0) is 27.6 Å². The predicted octanol–water partition coefficient (Wildman–Crippen LogP) is 2.21. The number of nitrogens with zero attached hydrogens (tertiary/aromatic N) is 5. The van der Waals surface area contributed by atoms with Gasteiger partial charge in [0.25, 0.3) is 0 Å². The Kier molecular flexibility index (Phi) is 3.66. The van der Waals surface area contributed by atoms with E-state index in [2.05, 4.69) is 15.1 Å². The molecule has 1 unspecified atom stereocenters. The van der Waals surface area contributed by atoms with Gasteiger partial charge in [-0.2, -0.15) is 5.10 Å². The Hall–Kier alpha value is -3.55. The first-order valence-corrected chi connectivity index (χ1v) is 10.4. The van der Waals surface area contributed by atoms with Crippen molar-refractivity contribution in [2.24, 2.45) is 7.05 Å². The Labute approximate surface area is 178 Å². The maximum absolute atomic E-state index is 13.6. The number of ether oxygens (including phenoxy) is 1. The molecule has 0 aromatic carbocycles. The summed E-state index contributed by atoms with van der Waals surface area (Å²) in [6.07, 6.45) is 11.0. The molecule has 2 fully saturated rings. The summed E-state index contributed by atoms with van der Waals surface area (Å²) in [7, 11) is 1.87. The lowest BCUT2D eigenvalue weighted by molar-refractivity contribution is -0.134. The number of likely N-dealkylation sites (tertiary alicyclic amines) is 1. The summed E-state index contributed by atoms with van der Waals surface area (Å²) in [5.41, 5.74) is 2.81. The average Bonchev–Trinajstić information content (AvgIpc) is 3.17. The van der Waals surface area contributed by atoms with Gasteiger partial charge in [-0.15, -0.1) is 0 Å². The highest BCUT2D eigenvalue weighted by Crippen LogP contribution is 2.52. The lowest BCUT2D eigenvalue weighted by Crippen LogP contribution is -2.40. The van der Waals surface area contributed by atoms with Gasteiger partial charge >= 0.3 is 5.97 Å². The van der Waals surface area contributed by atoms with Crippen molar-refractivity contribution in [1.29, 1.82) is 0 Å². The van der Waals surface area contributed by atoms with Crippen LogP contribution in [0.15, 0.2) is 49.2 Å². The van der Waals surface area contributed by atoms with Crippen LogP contribution >= 0.6 is 0 Å². The van der Waals surface area contributed by atoms with Gasteiger partial charge in [0.1, 0.15) is 0 Å². The third-order valence-electron chi connectivity index (χ3n) is 6.82. The largest absolute Gasteiger partial charge is 0.449 e. The van der Waals surface area contributed by atoms with Crippen LogP contribution in [0.1, 0.15) is 40.7 Å². The second-order valence-corrected chi connectivity index (χ2v) is 8.70. The number of hydrogen-bond acceptors (Lipinski definition) is 6. The number of aromatic nitrogens is 4. The van der Waals surface area contributed by atoms with Gasteiger partial charge < -0.3 is 9.64 Å². The van der Waals surface area contributed by atoms with Gasteiger partial charge in [-0.1, -0.05) is 6.07 Å². The second kappa shape index (κ2) is 6.23. The van der Waals surface area contributed by atoms with E-state index in [1.165, 1.54) is 0 Å². The van der Waals surface area contributed by atoms with Crippen molar-refractivity contribution in [2.75, 3.05) is 13.1 Å². The van der Waals surface area contributed by atoms with E-state index in [9.17, 15) is 9.59 Å². The summed E-state index contributed by atoms with van der Waals surface area (Å²) in [5, 5.41) is 4.19. The molecule has 8 nitrogen and oxygen atoms in total. The fourth-order valence-corrected chi connectivity index (χ4v) is 4.96. The summed E-state index contributed by atoms with van der Waals surface area (Å²) >= 11 is 0. The van der Waals surface area contributed by atoms with E-state index < -0.39 is 11.0 Å². The number of carbonyl (C=O) groups excluding carboxylic acids is 2. The van der Waals surface area contributed by atoms with Gasteiger partial charge in [-0.3, -0.25) is 19.4 Å². The number of aryl methyl sites for hydroxylation is 1. The lowest BCUT2D eigenvalue weighted by atomic mass is 9.92. The molecule has 5 heterocycles. The molecular weight excluding hydrogens is 394 g/mol. The first-order chi connectivity index (χ1) is 15.0. The molecule has 3 aromatic rings. The van der Waals surface area contributed by atoms with E-state index in [-0.39, 0.29) is 11.9 Å². The summed E-state index contributed by atoms with van der Waals surface area (Å²) in [5.74, 6) is -0.257. The minimum Gasteiger partial charge on any atom is -0.449 e. The molecule has 1 atom stereocenters. The molecule has 0 radical (unpaired) electrons. The van der Waals surface area contributed by atoms with Crippen molar-refractivity contribution < 1.29 is 14.3 Å². The van der Waals surface area contributed by atoms with E-state index in [0.717, 1.165) is 35.2 Å². The number of fused-ring (bicyclic) bond motifs is 2. The summed E-state index contributed by atoms with van der Waals surface area (Å²) in [6, 6.07) is 5.79. The molecule has 0 bridgehead atoms. The van der Waals surface area contributed by atoms with E-state index in [1.807, 2.05) is 42.5 Å². The predicted molar refractivity (Wildman–Crippen MR) is 110 cm³/mol. The standard InChI is InChI=1S/C23H21N5O3/c1-27-13-15(10-26-27)19-3-2-16(11-25-19)22(5-6-22)21(30)28-9-7-23(14-28)18-4-8-24-12-17(18)20(29)31-23/h2-4,8,10-13H,5-7,9,14H2,1H3. The third-order valence-corrected chi connectivity index (χ3v) is 6.82. The number of carbonyl (C=O) groups is 2. The van der Waals surface area contributed by atoms with Crippen LogP contribution < -0.4 is 0 Å². The molecule has 0 N–H and O–H groups in total. The molecule has 1 amide bonds. The van der Waals surface area contributed by atoms with E-state index in [0.29, 0.717) is 25.1 Å². The molecule has 1 saturated carbocycles. The van der Waals surface area contributed by atoms with Crippen LogP contribution in [0, 0.1) is 0 Å². The van der Waals surface area contributed by atoms with Gasteiger partial charge in [-0.25, -0.2) is 4.79 Å². The fraction of sp³-hybridized carbons (Fsp3) is 0.348. The zero-order valence-corrected chi connectivity index (χ0v) is 17.1. The molecule has 6 rings (SSSR count). The molecule has 31 heavy (non-hydrogen) atoms. The van der Waals surface area contributed by atoms with E-state index in [4.69, 9.17) is 4.74 Å². The van der Waals surface area contributed by atoms with Crippen molar-refractivity contribution >= 4 is 11.9 Å². The van der Waals surface area contributed by atoms with Crippen LogP contribution in [0.2, 0.25) is 0 Å². The van der Waals surface area contributed by atoms with Gasteiger partial charge in [-0.05, 0) is 30.5 Å². The molecule has 1 aliphatic carbocycles. The highest BCUT2D eigenvalue weighted by atomic mass is 16.6. The minimum atomic E-state index is -0.747. The first kappa shape index (κ1) is 18.2. The van der Waals surface area contributed by atoms with Gasteiger partial charge in [0.2, 0.25) is 5.91 Å². The summed E-state index contributed by atoms with van der Waals surface area (Å²) in [4.78, 5) is 36.3. The highest BCUT2D eigenvalue weighted by Gasteiger charge is 2.58. The zero-order valence-electron chi connectivity index (χ0n) is 17.1. The Bertz CT molecular complexity index is 1210. The molecule has 156 valence electrons. The Morgan fingerprint density at radius 2 is 2.00 bits per heavy atom. The molecular formula is C23H21N5O3. The maximum Gasteiger partial charge on any atom is 0.341 e. The zero-order chi connectivity index (χ0) is 21.2. The summed E-state index contributed by atoms with van der Waals surface area (Å²) in [6.45, 7) is 0.953. The molecule has 1 spiro atoms. The molecule has 2 aliphatic heterocycles. The van der Waals surface area contributed by atoms with Crippen LogP contribution in [0.5, 0.6) is 0 Å². The minimum absolute atomic E-state index is 0.0962. The van der Waals surface area contributed by atoms with Gasteiger partial charge in [0, 0.05) is 55.9 Å². The van der Waals surface area contributed by atoms with Gasteiger partial charge in [0.15, 0.2) is 5.60 Å². The Morgan fingerprint density at radius 1 is 1.13 bits per heavy atom. The molecule has 8 heteroatoms. The average molecular weight is 415 g/mol. The highest BCUT2D eigenvalue weighted by molar-refractivity contribution is 5.95. The number of amides is 1. The number of pyridine rings is 2. The maximum atomic E-state index is 13.6. The Morgan fingerprint density at radius 3 is 2.71 bits per heavy atom. The lowest BCUT2D eigenvalue weighted by Gasteiger charge is -2.26. The quantitative estimate of drug-likeness (QED) is 0.609. The molecule has 3 aromatic heterocycles. The fourth-order valence-electron chi connectivity index (χ4n) is 4.96. The first-order valence-electron chi connectivity index (χ1n) is 10.4.